The van der Waals surface area contributed by atoms with Crippen LogP contribution in [0.5, 0.6) is 0 Å². The van der Waals surface area contributed by atoms with Gasteiger partial charge in [0, 0.05) is 36.5 Å². The van der Waals surface area contributed by atoms with Crippen molar-refractivity contribution < 1.29 is 33.8 Å². The van der Waals surface area contributed by atoms with Crippen molar-refractivity contribution in [3.63, 3.8) is 0 Å². The smallest absolute Gasteiger partial charge is 0.312 e. The Bertz CT molecular complexity index is 1140. The average Bonchev–Trinajstić information content (AvgIpc) is 3.55. The molecule has 1 spiro atoms. The van der Waals surface area contributed by atoms with Gasteiger partial charge in [-0.3, -0.25) is 19.2 Å². The molecule has 0 saturated carbocycles. The fraction of sp³-hybridized carbons (Fsp3) is 0.771. The van der Waals surface area contributed by atoms with E-state index in [1.807, 2.05) is 18.7 Å². The van der Waals surface area contributed by atoms with Gasteiger partial charge >= 0.3 is 5.97 Å². The van der Waals surface area contributed by atoms with E-state index in [1.165, 1.54) is 0 Å². The Morgan fingerprint density at radius 1 is 1.17 bits per heavy atom. The summed E-state index contributed by atoms with van der Waals surface area (Å²) in [5, 5.41) is 12.0. The summed E-state index contributed by atoms with van der Waals surface area (Å²) in [4.78, 5) is 58.4. The molecule has 10 nitrogen and oxygen atoms in total. The monoisotopic (exact) mass is 709 g/mol. The number of unbranched alkanes of at least 4 members (excludes halogenated alkanes) is 3. The standard InChI is InChI=1S/C35H56BrN3O7/c1-9-11-16-25(41)37-21-23(3)45-32(44)26-27-30(42)38(18-14-12-13-15-19-40)29(35(27)20-24(36)28(26)46-35)31(43)39(17-10-2)34(7,8)22-33(4,5)6/h9-10,23-24,26-29,40H,1-2,11-22H2,3-8H3,(H,37,41)/t23-,24?,26-,27+,28-,29-,35+/m1/s1. The molecule has 0 radical (unpaired) electrons. The molecule has 3 aliphatic heterocycles. The number of allylic oxidation sites excluding steroid dienone is 1. The number of nitrogens with zero attached hydrogens (tertiary/aromatic N) is 2. The highest BCUT2D eigenvalue weighted by molar-refractivity contribution is 9.09. The number of hydrogen-bond acceptors (Lipinski definition) is 7. The highest BCUT2D eigenvalue weighted by atomic mass is 79.9. The maximum Gasteiger partial charge on any atom is 0.312 e. The molecule has 1 unspecified atom stereocenters. The molecule has 3 rings (SSSR count). The number of nitrogens with one attached hydrogen (secondary N) is 1. The van der Waals surface area contributed by atoms with Crippen LogP contribution in [0.4, 0.5) is 0 Å². The third-order valence-electron chi connectivity index (χ3n) is 9.35. The van der Waals surface area contributed by atoms with E-state index in [1.54, 1.807) is 24.0 Å². The number of aliphatic hydroxyl groups is 1. The van der Waals surface area contributed by atoms with Gasteiger partial charge in [-0.1, -0.05) is 61.7 Å². The van der Waals surface area contributed by atoms with E-state index in [0.29, 0.717) is 45.2 Å². The minimum Gasteiger partial charge on any atom is -0.460 e. The van der Waals surface area contributed by atoms with Gasteiger partial charge in [0.25, 0.3) is 0 Å². The van der Waals surface area contributed by atoms with Crippen molar-refractivity contribution in [3.8, 4) is 0 Å². The Labute approximate surface area is 283 Å². The van der Waals surface area contributed by atoms with E-state index in [0.717, 1.165) is 19.3 Å². The molecule has 260 valence electrons. The third-order valence-corrected chi connectivity index (χ3v) is 10.2. The molecular formula is C35H56BrN3O7. The zero-order chi connectivity index (χ0) is 34.4. The van der Waals surface area contributed by atoms with Crippen LogP contribution in [0.2, 0.25) is 0 Å². The zero-order valence-corrected chi connectivity index (χ0v) is 30.3. The van der Waals surface area contributed by atoms with Crippen molar-refractivity contribution in [2.75, 3.05) is 26.2 Å². The molecule has 3 heterocycles. The first-order chi connectivity index (χ1) is 21.5. The number of amides is 3. The van der Waals surface area contributed by atoms with E-state index in [2.05, 4.69) is 55.2 Å². The molecular weight excluding hydrogens is 654 g/mol. The van der Waals surface area contributed by atoms with Crippen molar-refractivity contribution in [1.29, 1.82) is 0 Å². The Hall–Kier alpha value is -2.24. The lowest BCUT2D eigenvalue weighted by molar-refractivity contribution is -0.159. The van der Waals surface area contributed by atoms with Crippen LogP contribution in [0, 0.1) is 17.3 Å². The molecule has 2 bridgehead atoms. The molecule has 0 aromatic rings. The van der Waals surface area contributed by atoms with E-state index < -0.39 is 47.2 Å². The number of aliphatic hydroxyl groups excluding tert-OH is 1. The van der Waals surface area contributed by atoms with Gasteiger partial charge in [-0.15, -0.1) is 13.2 Å². The number of hydrogen-bond donors (Lipinski definition) is 2. The third kappa shape index (κ3) is 8.42. The van der Waals surface area contributed by atoms with Crippen LogP contribution in [0.15, 0.2) is 25.3 Å². The molecule has 0 aromatic carbocycles. The summed E-state index contributed by atoms with van der Waals surface area (Å²) in [6.07, 6.45) is 7.04. The number of fused-ring (bicyclic) bond motifs is 1. The van der Waals surface area contributed by atoms with Gasteiger partial charge in [-0.2, -0.15) is 0 Å². The van der Waals surface area contributed by atoms with Crippen molar-refractivity contribution in [2.24, 2.45) is 17.3 Å². The second-order valence-electron chi connectivity index (χ2n) is 15.0. The summed E-state index contributed by atoms with van der Waals surface area (Å²) in [7, 11) is 0. The maximum absolute atomic E-state index is 14.9. The van der Waals surface area contributed by atoms with Crippen LogP contribution in [0.3, 0.4) is 0 Å². The van der Waals surface area contributed by atoms with E-state index in [9.17, 15) is 24.3 Å². The quantitative estimate of drug-likeness (QED) is 0.0928. The van der Waals surface area contributed by atoms with Crippen LogP contribution >= 0.6 is 15.9 Å². The molecule has 3 saturated heterocycles. The second kappa shape index (κ2) is 15.8. The lowest BCUT2D eigenvalue weighted by atomic mass is 9.70. The minimum atomic E-state index is -1.19. The number of alkyl halides is 1. The van der Waals surface area contributed by atoms with E-state index in [4.69, 9.17) is 9.47 Å². The largest absolute Gasteiger partial charge is 0.460 e. The molecule has 7 atom stereocenters. The normalized spacial score (nSPS) is 27.7. The van der Waals surface area contributed by atoms with Crippen LogP contribution in [-0.4, -0.2) is 99.1 Å². The van der Waals surface area contributed by atoms with Gasteiger partial charge in [0.05, 0.1) is 24.5 Å². The molecule has 3 aliphatic rings. The fourth-order valence-electron chi connectivity index (χ4n) is 7.87. The molecule has 3 fully saturated rings. The molecule has 0 aromatic heterocycles. The average molecular weight is 711 g/mol. The van der Waals surface area contributed by atoms with Crippen molar-refractivity contribution in [1.82, 2.24) is 15.1 Å². The van der Waals surface area contributed by atoms with E-state index in [-0.39, 0.29) is 41.1 Å². The Morgan fingerprint density at radius 2 is 1.85 bits per heavy atom. The fourth-order valence-corrected chi connectivity index (χ4v) is 8.81. The summed E-state index contributed by atoms with van der Waals surface area (Å²) >= 11 is 3.73. The van der Waals surface area contributed by atoms with Crippen LogP contribution in [-0.2, 0) is 28.7 Å². The molecule has 0 aliphatic carbocycles. The molecule has 11 heteroatoms. The van der Waals surface area contributed by atoms with E-state index >= 15 is 0 Å². The van der Waals surface area contributed by atoms with Gasteiger partial charge in [-0.25, -0.2) is 0 Å². The van der Waals surface area contributed by atoms with Gasteiger partial charge in [0.15, 0.2) is 0 Å². The predicted molar refractivity (Wildman–Crippen MR) is 181 cm³/mol. The molecule has 3 amide bonds. The number of halogens is 1. The minimum absolute atomic E-state index is 0.0676. The topological polar surface area (TPSA) is 125 Å². The maximum atomic E-state index is 14.9. The first-order valence-corrected chi connectivity index (χ1v) is 17.7. The van der Waals surface area contributed by atoms with Gasteiger partial charge in [-0.05, 0) is 58.3 Å². The summed E-state index contributed by atoms with van der Waals surface area (Å²) in [6, 6.07) is -0.911. The number of ether oxygens (including phenoxy) is 2. The van der Waals surface area contributed by atoms with Crippen LogP contribution in [0.25, 0.3) is 0 Å². The Morgan fingerprint density at radius 3 is 2.46 bits per heavy atom. The SMILES string of the molecule is C=CCCC(=O)NC[C@@H](C)OC(=O)[C@H]1[C@@H]2O[C@@]3(CC2Br)[C@@H]1C(=O)N(CCCCCCO)[C@@H]3C(=O)N(CC=C)C(C)(C)CC(C)(C)C. The van der Waals surface area contributed by atoms with Crippen molar-refractivity contribution in [3.05, 3.63) is 25.3 Å². The van der Waals surface area contributed by atoms with Gasteiger partial charge in [0.2, 0.25) is 17.7 Å². The summed E-state index contributed by atoms with van der Waals surface area (Å²) < 4.78 is 12.5. The van der Waals surface area contributed by atoms with Gasteiger partial charge < -0.3 is 29.7 Å². The lowest BCUT2D eigenvalue weighted by Gasteiger charge is -2.45. The number of likely N-dealkylation sites (tertiary alicyclic amines) is 1. The van der Waals surface area contributed by atoms with Gasteiger partial charge in [0.1, 0.15) is 17.7 Å². The summed E-state index contributed by atoms with van der Waals surface area (Å²) in [5.74, 6) is -2.95. The summed E-state index contributed by atoms with van der Waals surface area (Å²) in [5.41, 5.74) is -1.81. The highest BCUT2D eigenvalue weighted by Crippen LogP contribution is 2.60. The number of esters is 1. The second-order valence-corrected chi connectivity index (χ2v) is 16.2. The van der Waals surface area contributed by atoms with Crippen LogP contribution in [0.1, 0.15) is 92.9 Å². The number of carbonyl (C=O) groups excluding carboxylic acids is 4. The summed E-state index contributed by atoms with van der Waals surface area (Å²) in [6.45, 7) is 20.7. The molecule has 46 heavy (non-hydrogen) atoms. The van der Waals surface area contributed by atoms with Crippen LogP contribution < -0.4 is 5.32 Å². The number of carbonyl (C=O) groups is 4. The van der Waals surface area contributed by atoms with Crippen molar-refractivity contribution in [2.45, 2.75) is 127 Å². The predicted octanol–water partition coefficient (Wildman–Crippen LogP) is 4.53. The first-order valence-electron chi connectivity index (χ1n) is 16.8. The highest BCUT2D eigenvalue weighted by Gasteiger charge is 2.77. The zero-order valence-electron chi connectivity index (χ0n) is 28.7. The Kier molecular flexibility index (Phi) is 13.1. The Balaban J connectivity index is 1.94. The molecule has 2 N–H and O–H groups in total. The van der Waals surface area contributed by atoms with Crippen molar-refractivity contribution >= 4 is 39.6 Å². The number of rotatable bonds is 18. The lowest BCUT2D eigenvalue weighted by Crippen LogP contribution is -2.61. The first kappa shape index (κ1) is 38.2.